The molecule has 0 radical (unpaired) electrons. The average Bonchev–Trinajstić information content (AvgIpc) is 2.54. The maximum atomic E-state index is 11.8. The molecule has 0 N–H and O–H groups in total. The Balaban J connectivity index is 2.30. The van der Waals surface area contributed by atoms with Crippen molar-refractivity contribution in [1.29, 1.82) is 0 Å². The SMILES string of the molecule is CC[C@]1(Sc2ccc(C)cc2)OC(=O)C(Cl)(Cl)[C@@H]1C. The van der Waals surface area contributed by atoms with Gasteiger partial charge < -0.3 is 4.74 Å². The lowest BCUT2D eigenvalue weighted by Crippen LogP contribution is -2.34. The van der Waals surface area contributed by atoms with E-state index in [1.54, 1.807) is 0 Å². The third-order valence-corrected chi connectivity index (χ3v) is 6.09. The van der Waals surface area contributed by atoms with E-state index in [1.807, 2.05) is 45.0 Å². The van der Waals surface area contributed by atoms with E-state index in [4.69, 9.17) is 27.9 Å². The quantitative estimate of drug-likeness (QED) is 0.603. The van der Waals surface area contributed by atoms with E-state index in [0.717, 1.165) is 4.90 Å². The highest BCUT2D eigenvalue weighted by Gasteiger charge is 2.61. The van der Waals surface area contributed by atoms with E-state index in [9.17, 15) is 4.79 Å². The van der Waals surface area contributed by atoms with Crippen LogP contribution in [-0.4, -0.2) is 15.2 Å². The van der Waals surface area contributed by atoms with Gasteiger partial charge in [-0.1, -0.05) is 66.5 Å². The zero-order chi connectivity index (χ0) is 14.3. The Hall–Kier alpha value is -0.380. The molecule has 19 heavy (non-hydrogen) atoms. The van der Waals surface area contributed by atoms with E-state index < -0.39 is 15.2 Å². The van der Waals surface area contributed by atoms with Gasteiger partial charge in [-0.3, -0.25) is 0 Å². The van der Waals surface area contributed by atoms with Crippen LogP contribution in [0.25, 0.3) is 0 Å². The molecule has 2 nitrogen and oxygen atoms in total. The molecule has 104 valence electrons. The summed E-state index contributed by atoms with van der Waals surface area (Å²) in [5.41, 5.74) is 1.19. The van der Waals surface area contributed by atoms with Gasteiger partial charge in [0.1, 0.15) is 0 Å². The molecular formula is C14H16Cl2O2S. The lowest BCUT2D eigenvalue weighted by molar-refractivity contribution is -0.143. The predicted molar refractivity (Wildman–Crippen MR) is 79.8 cm³/mol. The van der Waals surface area contributed by atoms with Gasteiger partial charge in [0.05, 0.1) is 5.92 Å². The largest absolute Gasteiger partial charge is 0.445 e. The first-order valence-electron chi connectivity index (χ1n) is 6.19. The number of hydrogen-bond donors (Lipinski definition) is 0. The van der Waals surface area contributed by atoms with Crippen molar-refractivity contribution < 1.29 is 9.53 Å². The van der Waals surface area contributed by atoms with E-state index in [2.05, 4.69) is 0 Å². The Bertz CT molecular complexity index is 487. The van der Waals surface area contributed by atoms with Crippen LogP contribution in [0, 0.1) is 12.8 Å². The van der Waals surface area contributed by atoms with Crippen molar-refractivity contribution in [3.05, 3.63) is 29.8 Å². The molecule has 0 bridgehead atoms. The summed E-state index contributed by atoms with van der Waals surface area (Å²) in [6, 6.07) is 8.09. The molecule has 1 saturated heterocycles. The molecule has 2 rings (SSSR count). The zero-order valence-electron chi connectivity index (χ0n) is 11.1. The smallest absolute Gasteiger partial charge is 0.344 e. The van der Waals surface area contributed by atoms with Crippen molar-refractivity contribution in [3.8, 4) is 0 Å². The number of benzene rings is 1. The van der Waals surface area contributed by atoms with Crippen molar-refractivity contribution in [3.63, 3.8) is 0 Å². The van der Waals surface area contributed by atoms with Gasteiger partial charge in [0.15, 0.2) is 4.93 Å². The zero-order valence-corrected chi connectivity index (χ0v) is 13.4. The molecule has 1 aromatic carbocycles. The monoisotopic (exact) mass is 318 g/mol. The number of carbonyl (C=O) groups is 1. The summed E-state index contributed by atoms with van der Waals surface area (Å²) in [4.78, 5) is 12.2. The standard InChI is InChI=1S/C14H16Cl2O2S/c1-4-13(10(3)14(15,16)12(17)18-13)19-11-7-5-9(2)6-8-11/h5-8,10H,4H2,1-3H3/t10-,13-/m1/s1. The summed E-state index contributed by atoms with van der Waals surface area (Å²) >= 11 is 13.7. The number of cyclic esters (lactones) is 1. The minimum absolute atomic E-state index is 0.285. The Morgan fingerprint density at radius 1 is 1.32 bits per heavy atom. The number of alkyl halides is 2. The Kier molecular flexibility index (Phi) is 4.10. The molecule has 0 saturated carbocycles. The van der Waals surface area contributed by atoms with Gasteiger partial charge in [-0.2, -0.15) is 0 Å². The van der Waals surface area contributed by atoms with Gasteiger partial charge in [-0.25, -0.2) is 4.79 Å². The van der Waals surface area contributed by atoms with Crippen LogP contribution >= 0.6 is 35.0 Å². The van der Waals surface area contributed by atoms with Crippen molar-refractivity contribution >= 4 is 40.9 Å². The molecule has 1 fully saturated rings. The summed E-state index contributed by atoms with van der Waals surface area (Å²) in [5.74, 6) is -0.836. The van der Waals surface area contributed by atoms with Crippen LogP contribution in [0.5, 0.6) is 0 Å². The lowest BCUT2D eigenvalue weighted by atomic mass is 10.0. The third kappa shape index (κ3) is 2.61. The molecule has 0 spiro atoms. The topological polar surface area (TPSA) is 26.3 Å². The van der Waals surface area contributed by atoms with Gasteiger partial charge in [-0.05, 0) is 25.5 Å². The normalized spacial score (nSPS) is 29.3. The second-order valence-corrected chi connectivity index (χ2v) is 7.57. The van der Waals surface area contributed by atoms with Crippen molar-refractivity contribution in [2.45, 2.75) is 41.4 Å². The van der Waals surface area contributed by atoms with E-state index in [-0.39, 0.29) is 5.92 Å². The molecule has 1 heterocycles. The Morgan fingerprint density at radius 2 is 1.89 bits per heavy atom. The molecule has 1 aromatic rings. The van der Waals surface area contributed by atoms with Crippen LogP contribution in [0.2, 0.25) is 0 Å². The van der Waals surface area contributed by atoms with E-state index in [1.165, 1.54) is 17.3 Å². The Labute approximate surface area is 127 Å². The third-order valence-electron chi connectivity index (χ3n) is 3.55. The second kappa shape index (κ2) is 5.19. The summed E-state index contributed by atoms with van der Waals surface area (Å²) in [7, 11) is 0. The fraction of sp³-hybridized carbons (Fsp3) is 0.500. The molecule has 2 atom stereocenters. The molecule has 0 aromatic heterocycles. The van der Waals surface area contributed by atoms with Crippen molar-refractivity contribution in [1.82, 2.24) is 0 Å². The summed E-state index contributed by atoms with van der Waals surface area (Å²) in [5, 5.41) is 0. The fourth-order valence-electron chi connectivity index (χ4n) is 2.13. The average molecular weight is 319 g/mol. The van der Waals surface area contributed by atoms with Gasteiger partial charge >= 0.3 is 5.97 Å². The van der Waals surface area contributed by atoms with Crippen LogP contribution in [0.3, 0.4) is 0 Å². The van der Waals surface area contributed by atoms with Gasteiger partial charge in [-0.15, -0.1) is 0 Å². The first-order chi connectivity index (χ1) is 8.82. The highest BCUT2D eigenvalue weighted by molar-refractivity contribution is 8.00. The minimum Gasteiger partial charge on any atom is -0.445 e. The van der Waals surface area contributed by atoms with E-state index >= 15 is 0 Å². The summed E-state index contributed by atoms with van der Waals surface area (Å²) in [6.07, 6.45) is 0.652. The first kappa shape index (κ1) is 15.0. The van der Waals surface area contributed by atoms with E-state index in [0.29, 0.717) is 6.42 Å². The lowest BCUT2D eigenvalue weighted by Gasteiger charge is -2.31. The molecule has 0 aliphatic carbocycles. The summed E-state index contributed by atoms with van der Waals surface area (Å²) < 4.78 is 4.06. The van der Waals surface area contributed by atoms with Crippen molar-refractivity contribution in [2.75, 3.05) is 0 Å². The van der Waals surface area contributed by atoms with Crippen LogP contribution in [-0.2, 0) is 9.53 Å². The predicted octanol–water partition coefficient (Wildman–Crippen LogP) is 4.56. The highest BCUT2D eigenvalue weighted by atomic mass is 35.5. The first-order valence-corrected chi connectivity index (χ1v) is 7.76. The number of esters is 1. The maximum absolute atomic E-state index is 11.8. The number of thioether (sulfide) groups is 1. The number of halogens is 2. The number of rotatable bonds is 3. The van der Waals surface area contributed by atoms with Crippen LogP contribution in [0.15, 0.2) is 29.2 Å². The minimum atomic E-state index is -1.46. The summed E-state index contributed by atoms with van der Waals surface area (Å²) in [6.45, 7) is 5.86. The van der Waals surface area contributed by atoms with Gasteiger partial charge in [0.25, 0.3) is 0 Å². The fourth-order valence-corrected chi connectivity index (χ4v) is 3.98. The molecule has 5 heteroatoms. The number of hydrogen-bond acceptors (Lipinski definition) is 3. The highest BCUT2D eigenvalue weighted by Crippen LogP contribution is 2.55. The molecule has 1 aliphatic heterocycles. The van der Waals surface area contributed by atoms with Crippen LogP contribution in [0.1, 0.15) is 25.8 Å². The second-order valence-electron chi connectivity index (χ2n) is 4.81. The molecule has 0 amide bonds. The number of aryl methyl sites for hydroxylation is 1. The van der Waals surface area contributed by atoms with Gasteiger partial charge in [0, 0.05) is 4.90 Å². The van der Waals surface area contributed by atoms with Crippen LogP contribution < -0.4 is 0 Å². The molecule has 0 unspecified atom stereocenters. The number of ether oxygens (including phenoxy) is 1. The number of carbonyl (C=O) groups excluding carboxylic acids is 1. The van der Waals surface area contributed by atoms with Crippen LogP contribution in [0.4, 0.5) is 0 Å². The van der Waals surface area contributed by atoms with Gasteiger partial charge in [0.2, 0.25) is 4.33 Å². The van der Waals surface area contributed by atoms with Crippen molar-refractivity contribution in [2.24, 2.45) is 5.92 Å². The molecular weight excluding hydrogens is 303 g/mol. The molecule has 1 aliphatic rings. The maximum Gasteiger partial charge on any atom is 0.344 e. The Morgan fingerprint density at radius 3 is 2.32 bits per heavy atom.